The number of hydrogen-bond acceptors (Lipinski definition) is 7. The van der Waals surface area contributed by atoms with Crippen LogP contribution in [0, 0.1) is 0 Å². The van der Waals surface area contributed by atoms with Gasteiger partial charge in [0.15, 0.2) is 0 Å². The summed E-state index contributed by atoms with van der Waals surface area (Å²) in [7, 11) is 1.64. The zero-order valence-electron chi connectivity index (χ0n) is 11.5. The Morgan fingerprint density at radius 1 is 1.15 bits per heavy atom. The summed E-state index contributed by atoms with van der Waals surface area (Å²) in [4.78, 5) is 12.0. The second-order valence-corrected chi connectivity index (χ2v) is 3.93. The molecule has 0 amide bonds. The molecule has 0 unspecified atom stereocenters. The number of nitrogens with zero attached hydrogens (tertiary/aromatic N) is 3. The Kier molecular flexibility index (Phi) is 4.54. The van der Waals surface area contributed by atoms with Crippen molar-refractivity contribution in [2.24, 2.45) is 0 Å². The van der Waals surface area contributed by atoms with Crippen LogP contribution in [0.3, 0.4) is 0 Å². The summed E-state index contributed by atoms with van der Waals surface area (Å²) < 4.78 is 10.3. The van der Waals surface area contributed by atoms with Gasteiger partial charge in [0.25, 0.3) is 0 Å². The fourth-order valence-electron chi connectivity index (χ4n) is 1.57. The number of hydrogen-bond donors (Lipinski definition) is 2. The summed E-state index contributed by atoms with van der Waals surface area (Å²) in [6.45, 7) is 2.89. The summed E-state index contributed by atoms with van der Waals surface area (Å²) in [6, 6.07) is 7.92. The Morgan fingerprint density at radius 3 is 2.55 bits per heavy atom. The highest BCUT2D eigenvalue weighted by atomic mass is 16.5. The third-order valence-electron chi connectivity index (χ3n) is 2.52. The van der Waals surface area contributed by atoms with Gasteiger partial charge in [-0.2, -0.15) is 15.0 Å². The third-order valence-corrected chi connectivity index (χ3v) is 2.52. The number of aromatic nitrogens is 3. The average molecular weight is 275 g/mol. The fourth-order valence-corrected chi connectivity index (χ4v) is 1.57. The molecule has 0 radical (unpaired) electrons. The van der Waals surface area contributed by atoms with Crippen LogP contribution in [-0.4, -0.2) is 28.7 Å². The lowest BCUT2D eigenvalue weighted by atomic mass is 10.2. The highest BCUT2D eigenvalue weighted by molar-refractivity contribution is 5.35. The van der Waals surface area contributed by atoms with Crippen LogP contribution in [0.1, 0.15) is 12.5 Å². The molecule has 0 atom stereocenters. The van der Waals surface area contributed by atoms with E-state index in [1.807, 2.05) is 31.2 Å². The molecule has 0 saturated heterocycles. The van der Waals surface area contributed by atoms with E-state index in [4.69, 9.17) is 15.2 Å². The minimum absolute atomic E-state index is 0.126. The van der Waals surface area contributed by atoms with Gasteiger partial charge in [-0.05, 0) is 24.6 Å². The van der Waals surface area contributed by atoms with Crippen LogP contribution in [0.2, 0.25) is 0 Å². The number of ether oxygens (including phenoxy) is 2. The normalized spacial score (nSPS) is 10.1. The maximum absolute atomic E-state index is 5.60. The quantitative estimate of drug-likeness (QED) is 0.824. The van der Waals surface area contributed by atoms with Crippen molar-refractivity contribution in [3.63, 3.8) is 0 Å². The predicted octanol–water partition coefficient (Wildman–Crippen LogP) is 1.47. The fraction of sp³-hybridized carbons (Fsp3) is 0.308. The van der Waals surface area contributed by atoms with E-state index < -0.39 is 0 Å². The molecule has 0 spiro atoms. The lowest BCUT2D eigenvalue weighted by Crippen LogP contribution is -2.09. The molecule has 106 valence electrons. The van der Waals surface area contributed by atoms with Crippen LogP contribution in [0.5, 0.6) is 11.8 Å². The van der Waals surface area contributed by atoms with Gasteiger partial charge in [0.1, 0.15) is 5.75 Å². The van der Waals surface area contributed by atoms with E-state index in [-0.39, 0.29) is 12.0 Å². The number of methoxy groups -OCH3 is 1. The van der Waals surface area contributed by atoms with Crippen LogP contribution in [-0.2, 0) is 6.54 Å². The number of nitrogens with two attached hydrogens (primary N) is 1. The molecule has 0 bridgehead atoms. The van der Waals surface area contributed by atoms with Crippen LogP contribution >= 0.6 is 0 Å². The van der Waals surface area contributed by atoms with Crippen molar-refractivity contribution >= 4 is 11.9 Å². The average Bonchev–Trinajstić information content (AvgIpc) is 2.45. The molecule has 2 aromatic rings. The first kappa shape index (κ1) is 13.9. The molecule has 1 aromatic carbocycles. The molecular formula is C13H17N5O2. The Morgan fingerprint density at radius 2 is 1.90 bits per heavy atom. The second-order valence-electron chi connectivity index (χ2n) is 3.93. The number of benzene rings is 1. The van der Waals surface area contributed by atoms with E-state index in [1.54, 1.807) is 7.11 Å². The number of rotatable bonds is 6. The lowest BCUT2D eigenvalue weighted by molar-refractivity contribution is 0.312. The van der Waals surface area contributed by atoms with E-state index in [9.17, 15) is 0 Å². The summed E-state index contributed by atoms with van der Waals surface area (Å²) in [6.07, 6.45) is 0. The molecule has 0 aliphatic carbocycles. The number of anilines is 2. The van der Waals surface area contributed by atoms with Gasteiger partial charge in [-0.3, -0.25) is 0 Å². The molecule has 0 saturated carbocycles. The van der Waals surface area contributed by atoms with E-state index >= 15 is 0 Å². The van der Waals surface area contributed by atoms with Crippen LogP contribution < -0.4 is 20.5 Å². The number of nitrogens with one attached hydrogen (secondary N) is 1. The van der Waals surface area contributed by atoms with Gasteiger partial charge in [-0.1, -0.05) is 12.1 Å². The van der Waals surface area contributed by atoms with Crippen molar-refractivity contribution in [3.8, 4) is 11.8 Å². The molecule has 7 nitrogen and oxygen atoms in total. The Balaban J connectivity index is 2.02. The van der Waals surface area contributed by atoms with E-state index in [0.717, 1.165) is 11.3 Å². The maximum Gasteiger partial charge on any atom is 0.323 e. The molecule has 1 aromatic heterocycles. The van der Waals surface area contributed by atoms with Crippen molar-refractivity contribution < 1.29 is 9.47 Å². The Hall–Kier alpha value is -2.57. The lowest BCUT2D eigenvalue weighted by Gasteiger charge is -2.08. The van der Waals surface area contributed by atoms with Gasteiger partial charge in [0.2, 0.25) is 11.9 Å². The standard InChI is InChI=1S/C13H17N5O2/c1-3-20-13-17-11(14)16-12(18-13)15-8-9-4-6-10(19-2)7-5-9/h4-7H,3,8H2,1-2H3,(H3,14,15,16,17,18). The molecule has 7 heteroatoms. The van der Waals surface area contributed by atoms with Crippen molar-refractivity contribution in [2.75, 3.05) is 24.8 Å². The van der Waals surface area contributed by atoms with Crippen molar-refractivity contribution in [2.45, 2.75) is 13.5 Å². The number of nitrogen functional groups attached to an aromatic ring is 1. The molecule has 2 rings (SSSR count). The SMILES string of the molecule is CCOc1nc(N)nc(NCc2ccc(OC)cc2)n1. The third kappa shape index (κ3) is 3.71. The molecule has 0 aliphatic rings. The molecule has 0 fully saturated rings. The highest BCUT2D eigenvalue weighted by Crippen LogP contribution is 2.13. The zero-order chi connectivity index (χ0) is 14.4. The predicted molar refractivity (Wildman–Crippen MR) is 75.7 cm³/mol. The summed E-state index contributed by atoms with van der Waals surface area (Å²) in [5.74, 6) is 1.33. The molecule has 1 heterocycles. The highest BCUT2D eigenvalue weighted by Gasteiger charge is 2.04. The zero-order valence-corrected chi connectivity index (χ0v) is 11.5. The van der Waals surface area contributed by atoms with E-state index in [1.165, 1.54) is 0 Å². The van der Waals surface area contributed by atoms with E-state index in [2.05, 4.69) is 20.3 Å². The minimum atomic E-state index is 0.126. The molecule has 20 heavy (non-hydrogen) atoms. The maximum atomic E-state index is 5.60. The molecule has 0 aliphatic heterocycles. The first-order chi connectivity index (χ1) is 9.71. The van der Waals surface area contributed by atoms with Crippen molar-refractivity contribution in [3.05, 3.63) is 29.8 Å². The van der Waals surface area contributed by atoms with Crippen molar-refractivity contribution in [1.82, 2.24) is 15.0 Å². The summed E-state index contributed by atoms with van der Waals surface area (Å²) in [5.41, 5.74) is 6.67. The van der Waals surface area contributed by atoms with Gasteiger partial charge in [0, 0.05) is 6.54 Å². The van der Waals surface area contributed by atoms with Gasteiger partial charge in [0.05, 0.1) is 13.7 Å². The van der Waals surface area contributed by atoms with Crippen LogP contribution in [0.25, 0.3) is 0 Å². The van der Waals surface area contributed by atoms with Gasteiger partial charge >= 0.3 is 6.01 Å². The van der Waals surface area contributed by atoms with Crippen LogP contribution in [0.4, 0.5) is 11.9 Å². The first-order valence-electron chi connectivity index (χ1n) is 6.22. The summed E-state index contributed by atoms with van der Waals surface area (Å²) in [5, 5.41) is 3.08. The van der Waals surface area contributed by atoms with Gasteiger partial charge < -0.3 is 20.5 Å². The second kappa shape index (κ2) is 6.55. The van der Waals surface area contributed by atoms with E-state index in [0.29, 0.717) is 19.1 Å². The minimum Gasteiger partial charge on any atom is -0.497 e. The van der Waals surface area contributed by atoms with Gasteiger partial charge in [-0.15, -0.1) is 0 Å². The first-order valence-corrected chi connectivity index (χ1v) is 6.22. The van der Waals surface area contributed by atoms with Gasteiger partial charge in [-0.25, -0.2) is 0 Å². The largest absolute Gasteiger partial charge is 0.497 e. The smallest absolute Gasteiger partial charge is 0.323 e. The molecule has 3 N–H and O–H groups in total. The monoisotopic (exact) mass is 275 g/mol. The Labute approximate surface area is 117 Å². The Bertz CT molecular complexity index is 559. The van der Waals surface area contributed by atoms with Crippen molar-refractivity contribution in [1.29, 1.82) is 0 Å². The summed E-state index contributed by atoms with van der Waals surface area (Å²) >= 11 is 0. The topological polar surface area (TPSA) is 95.2 Å². The molecular weight excluding hydrogens is 258 g/mol. The van der Waals surface area contributed by atoms with Crippen LogP contribution in [0.15, 0.2) is 24.3 Å².